The summed E-state index contributed by atoms with van der Waals surface area (Å²) in [7, 11) is -3.40. The van der Waals surface area contributed by atoms with Gasteiger partial charge in [-0.1, -0.05) is 18.2 Å². The summed E-state index contributed by atoms with van der Waals surface area (Å²) >= 11 is 0. The number of carbonyl (C=O) groups is 3. The van der Waals surface area contributed by atoms with Gasteiger partial charge in [-0.2, -0.15) is 0 Å². The Labute approximate surface area is 175 Å². The van der Waals surface area contributed by atoms with E-state index in [1.165, 1.54) is 4.90 Å². The third kappa shape index (κ3) is 4.89. The number of piperidine rings is 1. The van der Waals surface area contributed by atoms with E-state index in [-0.39, 0.29) is 24.1 Å². The maximum atomic E-state index is 12.8. The number of aromatic amines is 1. The number of nitrogens with one attached hydrogen (secondary N) is 2. The van der Waals surface area contributed by atoms with Crippen LogP contribution in [0.25, 0.3) is 10.9 Å². The first-order valence-electron chi connectivity index (χ1n) is 9.94. The molecule has 3 rings (SSSR count). The van der Waals surface area contributed by atoms with E-state index in [2.05, 4.69) is 10.3 Å². The zero-order valence-electron chi connectivity index (χ0n) is 17.4. The number of amides is 2. The molecule has 162 valence electrons. The van der Waals surface area contributed by atoms with Gasteiger partial charge in [-0.3, -0.25) is 14.4 Å². The number of ketones is 1. The number of nitrogens with zero attached hydrogens (tertiary/aromatic N) is 1. The molecule has 8 nitrogen and oxygen atoms in total. The van der Waals surface area contributed by atoms with E-state index in [0.29, 0.717) is 25.1 Å². The van der Waals surface area contributed by atoms with Crippen LogP contribution in [0, 0.1) is 12.8 Å². The summed E-state index contributed by atoms with van der Waals surface area (Å²) in [5, 5.41) is 3.68. The van der Waals surface area contributed by atoms with Crippen LogP contribution in [0.5, 0.6) is 0 Å². The van der Waals surface area contributed by atoms with E-state index in [0.717, 1.165) is 22.7 Å². The third-order valence-corrected chi connectivity index (χ3v) is 6.31. The highest BCUT2D eigenvalue weighted by Gasteiger charge is 2.32. The van der Waals surface area contributed by atoms with Crippen LogP contribution >= 0.6 is 0 Å². The minimum Gasteiger partial charge on any atom is -0.350 e. The van der Waals surface area contributed by atoms with Crippen molar-refractivity contribution in [2.75, 3.05) is 25.1 Å². The number of hydrogen-bond donors (Lipinski definition) is 2. The van der Waals surface area contributed by atoms with Crippen molar-refractivity contribution in [2.24, 2.45) is 5.92 Å². The standard InChI is InChI=1S/C21H27N3O5S/c1-13-16-8-4-5-9-17(16)23-19(13)20(26)22-14(2)21(27)24-10-6-7-15(11-24)18(25)12-30(3,28)29/h4-5,8-9,14-15,23H,6-7,10-12H2,1-3H3,(H,22,26)/t14-,15?/m1/s1. The first kappa shape index (κ1) is 22.0. The van der Waals surface area contributed by atoms with Gasteiger partial charge in [0.1, 0.15) is 17.5 Å². The fourth-order valence-corrected chi connectivity index (χ4v) is 4.68. The average Bonchev–Trinajstić information content (AvgIpc) is 3.03. The highest BCUT2D eigenvalue weighted by Crippen LogP contribution is 2.22. The number of likely N-dealkylation sites (tertiary alicyclic amines) is 1. The van der Waals surface area contributed by atoms with Gasteiger partial charge in [0.2, 0.25) is 5.91 Å². The van der Waals surface area contributed by atoms with E-state index >= 15 is 0 Å². The number of aryl methyl sites for hydroxylation is 1. The topological polar surface area (TPSA) is 116 Å². The monoisotopic (exact) mass is 433 g/mol. The normalized spacial score (nSPS) is 18.2. The number of fused-ring (bicyclic) bond motifs is 1. The van der Waals surface area contributed by atoms with E-state index in [1.54, 1.807) is 6.92 Å². The molecule has 0 aliphatic carbocycles. The molecule has 2 N–H and O–H groups in total. The second-order valence-corrected chi connectivity index (χ2v) is 10.2. The molecular weight excluding hydrogens is 406 g/mol. The summed E-state index contributed by atoms with van der Waals surface area (Å²) in [4.78, 5) is 42.5. The van der Waals surface area contributed by atoms with E-state index < -0.39 is 27.5 Å². The molecule has 1 saturated heterocycles. The average molecular weight is 434 g/mol. The minimum atomic E-state index is -3.40. The maximum Gasteiger partial charge on any atom is 0.268 e. The molecule has 1 fully saturated rings. The Bertz CT molecular complexity index is 1090. The summed E-state index contributed by atoms with van der Waals surface area (Å²) in [5.74, 6) is -2.01. The highest BCUT2D eigenvalue weighted by molar-refractivity contribution is 7.91. The van der Waals surface area contributed by atoms with Gasteiger partial charge in [0.05, 0.1) is 0 Å². The first-order chi connectivity index (χ1) is 14.1. The molecule has 30 heavy (non-hydrogen) atoms. The Morgan fingerprint density at radius 3 is 2.63 bits per heavy atom. The molecule has 1 aliphatic rings. The number of rotatable bonds is 6. The lowest BCUT2D eigenvalue weighted by Gasteiger charge is -2.33. The van der Waals surface area contributed by atoms with Crippen LogP contribution in [0.4, 0.5) is 0 Å². The van der Waals surface area contributed by atoms with Crippen LogP contribution in [-0.2, 0) is 19.4 Å². The largest absolute Gasteiger partial charge is 0.350 e. The Kier molecular flexibility index (Phi) is 6.30. The van der Waals surface area contributed by atoms with Gasteiger partial charge in [-0.25, -0.2) is 8.42 Å². The minimum absolute atomic E-state index is 0.179. The predicted molar refractivity (Wildman–Crippen MR) is 114 cm³/mol. The molecule has 2 heterocycles. The van der Waals surface area contributed by atoms with Crippen molar-refractivity contribution in [1.82, 2.24) is 15.2 Å². The Hall–Kier alpha value is -2.68. The fraction of sp³-hybridized carbons (Fsp3) is 0.476. The van der Waals surface area contributed by atoms with Crippen LogP contribution in [-0.4, -0.2) is 67.0 Å². The third-order valence-electron chi connectivity index (χ3n) is 5.50. The van der Waals surface area contributed by atoms with Gasteiger partial charge in [0.15, 0.2) is 15.6 Å². The number of hydrogen-bond acceptors (Lipinski definition) is 5. The number of carbonyl (C=O) groups excluding carboxylic acids is 3. The molecular formula is C21H27N3O5S. The Morgan fingerprint density at radius 1 is 1.27 bits per heavy atom. The van der Waals surface area contributed by atoms with Gasteiger partial charge in [-0.15, -0.1) is 0 Å². The van der Waals surface area contributed by atoms with Gasteiger partial charge in [0.25, 0.3) is 5.91 Å². The smallest absolute Gasteiger partial charge is 0.268 e. The van der Waals surface area contributed by atoms with Crippen LogP contribution in [0.15, 0.2) is 24.3 Å². The van der Waals surface area contributed by atoms with Gasteiger partial charge in [0, 0.05) is 36.2 Å². The lowest BCUT2D eigenvalue weighted by Crippen LogP contribution is -2.51. The van der Waals surface area contributed by atoms with Gasteiger partial charge in [-0.05, 0) is 38.3 Å². The number of H-pyrrole nitrogens is 1. The van der Waals surface area contributed by atoms with Crippen molar-refractivity contribution in [1.29, 1.82) is 0 Å². The molecule has 9 heteroatoms. The van der Waals surface area contributed by atoms with Crippen molar-refractivity contribution in [2.45, 2.75) is 32.7 Å². The lowest BCUT2D eigenvalue weighted by molar-refractivity contribution is -0.136. The van der Waals surface area contributed by atoms with Crippen molar-refractivity contribution < 1.29 is 22.8 Å². The zero-order chi connectivity index (χ0) is 22.1. The van der Waals surface area contributed by atoms with Gasteiger partial charge >= 0.3 is 0 Å². The summed E-state index contributed by atoms with van der Waals surface area (Å²) in [5.41, 5.74) is 2.07. The molecule has 0 bridgehead atoms. The molecule has 1 aromatic heterocycles. The molecule has 1 aliphatic heterocycles. The zero-order valence-corrected chi connectivity index (χ0v) is 18.2. The van der Waals surface area contributed by atoms with Crippen LogP contribution in [0.2, 0.25) is 0 Å². The van der Waals surface area contributed by atoms with Gasteiger partial charge < -0.3 is 15.2 Å². The first-order valence-corrected chi connectivity index (χ1v) is 12.0. The maximum absolute atomic E-state index is 12.8. The Morgan fingerprint density at radius 2 is 1.97 bits per heavy atom. The molecule has 1 unspecified atom stereocenters. The van der Waals surface area contributed by atoms with Crippen LogP contribution in [0.3, 0.4) is 0 Å². The molecule has 2 amide bonds. The van der Waals surface area contributed by atoms with E-state index in [1.807, 2.05) is 31.2 Å². The second-order valence-electron chi connectivity index (χ2n) is 8.03. The van der Waals surface area contributed by atoms with Crippen molar-refractivity contribution >= 4 is 38.3 Å². The van der Waals surface area contributed by atoms with E-state index in [9.17, 15) is 22.8 Å². The molecule has 0 saturated carbocycles. The number of Topliss-reactive ketones (excluding diaryl/α,β-unsaturated/α-hetero) is 1. The van der Waals surface area contributed by atoms with Crippen molar-refractivity contribution in [3.63, 3.8) is 0 Å². The summed E-state index contributed by atoms with van der Waals surface area (Å²) in [6.07, 6.45) is 2.21. The second kappa shape index (κ2) is 8.59. The fourth-order valence-electron chi connectivity index (χ4n) is 3.93. The quantitative estimate of drug-likeness (QED) is 0.715. The van der Waals surface area contributed by atoms with Crippen LogP contribution < -0.4 is 5.32 Å². The number of aromatic nitrogens is 1. The molecule has 2 atom stereocenters. The Balaban J connectivity index is 1.65. The summed E-state index contributed by atoms with van der Waals surface area (Å²) < 4.78 is 22.8. The predicted octanol–water partition coefficient (Wildman–Crippen LogP) is 1.45. The number of para-hydroxylation sites is 1. The van der Waals surface area contributed by atoms with Crippen molar-refractivity contribution in [3.8, 4) is 0 Å². The molecule has 0 radical (unpaired) electrons. The molecule has 0 spiro atoms. The lowest BCUT2D eigenvalue weighted by atomic mass is 9.94. The summed E-state index contributed by atoms with van der Waals surface area (Å²) in [6.45, 7) is 4.12. The van der Waals surface area contributed by atoms with E-state index in [4.69, 9.17) is 0 Å². The van der Waals surface area contributed by atoms with Crippen LogP contribution in [0.1, 0.15) is 35.8 Å². The highest BCUT2D eigenvalue weighted by atomic mass is 32.2. The number of benzene rings is 1. The van der Waals surface area contributed by atoms with Crippen molar-refractivity contribution in [3.05, 3.63) is 35.5 Å². The number of sulfone groups is 1. The SMILES string of the molecule is Cc1c(C(=O)N[C@H](C)C(=O)N2CCCC(C(=O)CS(C)(=O)=O)C2)[nH]c2ccccc12. The molecule has 1 aromatic carbocycles. The summed E-state index contributed by atoms with van der Waals surface area (Å²) in [6, 6.07) is 6.81. The molecule has 2 aromatic rings.